The summed E-state index contributed by atoms with van der Waals surface area (Å²) in [6.07, 6.45) is 0. The molecule has 32 valence electrons. The van der Waals surface area contributed by atoms with Gasteiger partial charge in [-0.05, 0) is 6.92 Å². The molecule has 2 nitrogen and oxygen atoms in total. The minimum atomic E-state index is 0.614. The molecule has 0 bridgehead atoms. The van der Waals surface area contributed by atoms with E-state index in [-0.39, 0.29) is 0 Å². The average Bonchev–Trinajstić information content (AvgIpc) is 1.41. The number of hydrogen-bond acceptors (Lipinski definition) is 2. The third-order valence-corrected chi connectivity index (χ3v) is 0.417. The van der Waals surface area contributed by atoms with E-state index < -0.39 is 0 Å². The molecule has 0 aliphatic heterocycles. The lowest BCUT2D eigenvalue weighted by Gasteiger charge is -1.83. The Morgan fingerprint density at radius 1 is 1.80 bits per heavy atom. The van der Waals surface area contributed by atoms with Crippen LogP contribution in [0.2, 0.25) is 0 Å². The van der Waals surface area contributed by atoms with Crippen molar-refractivity contribution in [2.75, 3.05) is 6.61 Å². The van der Waals surface area contributed by atoms with Crippen LogP contribution in [0.25, 0.3) is 0 Å². The van der Waals surface area contributed by atoms with Crippen LogP contribution in [0.4, 0.5) is 0 Å². The van der Waals surface area contributed by atoms with Crippen molar-refractivity contribution in [1.82, 2.24) is 0 Å². The van der Waals surface area contributed by atoms with Crippen molar-refractivity contribution in [3.05, 3.63) is 0 Å². The van der Waals surface area contributed by atoms with E-state index in [1.807, 2.05) is 6.92 Å². The lowest BCUT2D eigenvalue weighted by molar-refractivity contribution is -0.160. The molecule has 5 heavy (non-hydrogen) atoms. The van der Waals surface area contributed by atoms with Crippen molar-refractivity contribution < 1.29 is 8.10 Å². The molecule has 0 radical (unpaired) electrons. The van der Waals surface area contributed by atoms with Gasteiger partial charge in [-0.25, -0.2) is 4.89 Å². The molecule has 0 aliphatic carbocycles. The molecule has 0 unspecified atom stereocenters. The fourth-order valence-corrected chi connectivity index (χ4v) is 0.299. The lowest BCUT2D eigenvalue weighted by Crippen LogP contribution is -1.77. The highest BCUT2D eigenvalue weighted by molar-refractivity contribution is 14.1. The summed E-state index contributed by atoms with van der Waals surface area (Å²) in [6.45, 7) is 2.47. The Balaban J connectivity index is 2.19. The number of halogens is 1. The van der Waals surface area contributed by atoms with Crippen molar-refractivity contribution in [1.29, 1.82) is 0 Å². The predicted molar refractivity (Wildman–Crippen MR) is 26.7 cm³/mol. The molecule has 0 amide bonds. The summed E-state index contributed by atoms with van der Waals surface area (Å²) in [4.78, 5) is 4.32. The second-order valence-corrected chi connectivity index (χ2v) is 0.829. The molecule has 0 N–H and O–H groups in total. The van der Waals surface area contributed by atoms with Crippen LogP contribution in [0.3, 0.4) is 0 Å². The molecule has 0 saturated heterocycles. The Morgan fingerprint density at radius 2 is 2.40 bits per heavy atom. The molecule has 0 spiro atoms. The van der Waals surface area contributed by atoms with E-state index in [1.54, 1.807) is 23.0 Å². The highest BCUT2D eigenvalue weighted by Crippen LogP contribution is 1.83. The van der Waals surface area contributed by atoms with E-state index in [0.29, 0.717) is 6.61 Å². The van der Waals surface area contributed by atoms with Gasteiger partial charge in [0.25, 0.3) is 0 Å². The van der Waals surface area contributed by atoms with E-state index in [1.165, 1.54) is 0 Å². The first-order valence-corrected chi connectivity index (χ1v) is 2.20. The summed E-state index contributed by atoms with van der Waals surface area (Å²) >= 11 is 1.67. The lowest BCUT2D eigenvalue weighted by atomic mass is 10.9. The zero-order valence-electron chi connectivity index (χ0n) is 2.90. The Kier molecular flexibility index (Phi) is 5.25. The summed E-state index contributed by atoms with van der Waals surface area (Å²) in [7, 11) is 0. The molecule has 0 saturated carbocycles. The van der Waals surface area contributed by atoms with E-state index in [9.17, 15) is 0 Å². The van der Waals surface area contributed by atoms with Gasteiger partial charge in [0.1, 0.15) is 0 Å². The Hall–Kier alpha value is 0.650. The van der Waals surface area contributed by atoms with Gasteiger partial charge >= 0.3 is 0 Å². The topological polar surface area (TPSA) is 18.5 Å². The second kappa shape index (κ2) is 4.65. The smallest absolute Gasteiger partial charge is 0.155 e. The van der Waals surface area contributed by atoms with Crippen molar-refractivity contribution in [2.24, 2.45) is 0 Å². The molecular weight excluding hydrogens is 183 g/mol. The SMILES string of the molecule is CCOOI. The minimum Gasteiger partial charge on any atom is -0.227 e. The third kappa shape index (κ3) is 4.65. The molecule has 0 aromatic heterocycles. The predicted octanol–water partition coefficient (Wildman–Crippen LogP) is 1.30. The van der Waals surface area contributed by atoms with Crippen molar-refractivity contribution >= 4 is 23.0 Å². The van der Waals surface area contributed by atoms with Gasteiger partial charge in [0.05, 0.1) is 6.61 Å². The Labute approximate surface area is 45.1 Å². The van der Waals surface area contributed by atoms with Crippen LogP contribution in [-0.4, -0.2) is 6.61 Å². The Bertz CT molecular complexity index is 15.1. The molecule has 0 rings (SSSR count). The first-order chi connectivity index (χ1) is 2.41. The summed E-state index contributed by atoms with van der Waals surface area (Å²) in [6, 6.07) is 0. The fourth-order valence-electron chi connectivity index (χ4n) is 0.0445. The van der Waals surface area contributed by atoms with Crippen LogP contribution in [0.5, 0.6) is 0 Å². The van der Waals surface area contributed by atoms with E-state index in [2.05, 4.69) is 8.10 Å². The standard InChI is InChI=1S/C2H5IO2/c1-2-4-5-3/h2H2,1H3. The third-order valence-electron chi connectivity index (χ3n) is 0.162. The van der Waals surface area contributed by atoms with Crippen LogP contribution in [0.15, 0.2) is 0 Å². The average molecular weight is 188 g/mol. The summed E-state index contributed by atoms with van der Waals surface area (Å²) < 4.78 is 4.16. The maximum absolute atomic E-state index is 4.32. The van der Waals surface area contributed by atoms with Crippen molar-refractivity contribution in [2.45, 2.75) is 6.92 Å². The summed E-state index contributed by atoms with van der Waals surface area (Å²) in [5, 5.41) is 0. The molecule has 0 aliphatic rings. The maximum atomic E-state index is 4.32. The molecule has 0 atom stereocenters. The van der Waals surface area contributed by atoms with Gasteiger partial charge in [-0.1, -0.05) is 0 Å². The molecule has 0 aromatic carbocycles. The zero-order valence-corrected chi connectivity index (χ0v) is 5.06. The minimum absolute atomic E-state index is 0.614. The molecule has 3 heteroatoms. The first kappa shape index (κ1) is 5.65. The maximum Gasteiger partial charge on any atom is 0.155 e. The van der Waals surface area contributed by atoms with Crippen LogP contribution >= 0.6 is 23.0 Å². The van der Waals surface area contributed by atoms with Gasteiger partial charge in [-0.15, -0.1) is 0 Å². The van der Waals surface area contributed by atoms with Gasteiger partial charge in [0.15, 0.2) is 23.0 Å². The van der Waals surface area contributed by atoms with Crippen molar-refractivity contribution in [3.63, 3.8) is 0 Å². The fraction of sp³-hybridized carbons (Fsp3) is 1.00. The number of rotatable bonds is 2. The quantitative estimate of drug-likeness (QED) is 0.369. The van der Waals surface area contributed by atoms with Gasteiger partial charge in [-0.2, -0.15) is 3.22 Å². The molecule has 0 aromatic rings. The number of hydrogen-bond donors (Lipinski definition) is 0. The Morgan fingerprint density at radius 3 is 2.40 bits per heavy atom. The monoisotopic (exact) mass is 188 g/mol. The van der Waals surface area contributed by atoms with Crippen LogP contribution < -0.4 is 0 Å². The van der Waals surface area contributed by atoms with E-state index >= 15 is 0 Å². The summed E-state index contributed by atoms with van der Waals surface area (Å²) in [5.74, 6) is 0. The van der Waals surface area contributed by atoms with E-state index in [4.69, 9.17) is 0 Å². The van der Waals surface area contributed by atoms with Gasteiger partial charge in [-0.3, -0.25) is 0 Å². The molecule has 0 heterocycles. The normalized spacial score (nSPS) is 8.40. The highest BCUT2D eigenvalue weighted by atomic mass is 127. The molecular formula is C2H5IO2. The highest BCUT2D eigenvalue weighted by Gasteiger charge is 1.66. The zero-order chi connectivity index (χ0) is 4.12. The van der Waals surface area contributed by atoms with Crippen LogP contribution in [-0.2, 0) is 8.10 Å². The van der Waals surface area contributed by atoms with Crippen LogP contribution in [0.1, 0.15) is 6.92 Å². The summed E-state index contributed by atoms with van der Waals surface area (Å²) in [5.41, 5.74) is 0. The van der Waals surface area contributed by atoms with Gasteiger partial charge in [0.2, 0.25) is 0 Å². The second-order valence-electron chi connectivity index (χ2n) is 0.470. The van der Waals surface area contributed by atoms with Gasteiger partial charge < -0.3 is 0 Å². The molecule has 0 fully saturated rings. The first-order valence-electron chi connectivity index (χ1n) is 1.32. The largest absolute Gasteiger partial charge is 0.227 e. The van der Waals surface area contributed by atoms with Crippen LogP contribution in [0, 0.1) is 0 Å². The van der Waals surface area contributed by atoms with Gasteiger partial charge in [0, 0.05) is 0 Å². The van der Waals surface area contributed by atoms with Crippen molar-refractivity contribution in [3.8, 4) is 0 Å². The van der Waals surface area contributed by atoms with E-state index in [0.717, 1.165) is 0 Å².